The van der Waals surface area contributed by atoms with Gasteiger partial charge in [0.05, 0.1) is 6.10 Å². The number of rotatable bonds is 4. The van der Waals surface area contributed by atoms with E-state index in [1.165, 1.54) is 6.07 Å². The zero-order valence-electron chi connectivity index (χ0n) is 15.8. The summed E-state index contributed by atoms with van der Waals surface area (Å²) in [5, 5.41) is 10.7. The van der Waals surface area contributed by atoms with Crippen LogP contribution < -0.4 is 4.90 Å². The van der Waals surface area contributed by atoms with Crippen LogP contribution in [0.1, 0.15) is 12.0 Å². The Morgan fingerprint density at radius 3 is 2.54 bits per heavy atom. The molecule has 0 bridgehead atoms. The van der Waals surface area contributed by atoms with E-state index >= 15 is 0 Å². The van der Waals surface area contributed by atoms with Crippen molar-refractivity contribution in [3.8, 4) is 0 Å². The smallest absolute Gasteiger partial charge is 0.163 e. The van der Waals surface area contributed by atoms with Crippen molar-refractivity contribution in [3.05, 3.63) is 59.8 Å². The van der Waals surface area contributed by atoms with Crippen molar-refractivity contribution in [1.82, 2.24) is 14.8 Å². The van der Waals surface area contributed by atoms with Gasteiger partial charge in [0.25, 0.3) is 0 Å². The van der Waals surface area contributed by atoms with Crippen LogP contribution in [0, 0.1) is 11.6 Å². The summed E-state index contributed by atoms with van der Waals surface area (Å²) in [5.74, 6) is -0.613. The highest BCUT2D eigenvalue weighted by atomic mass is 19.2. The Labute approximate surface area is 164 Å². The number of piperazine rings is 1. The maximum Gasteiger partial charge on any atom is 0.163 e. The third kappa shape index (κ3) is 4.16. The number of aliphatic hydroxyl groups excluding tert-OH is 1. The Morgan fingerprint density at radius 1 is 1.00 bits per heavy atom. The summed E-state index contributed by atoms with van der Waals surface area (Å²) >= 11 is 0. The minimum atomic E-state index is -0.821. The highest BCUT2D eigenvalue weighted by molar-refractivity contribution is 5.38. The molecule has 3 heterocycles. The number of likely N-dealkylation sites (tertiary alicyclic amines) is 1. The lowest BCUT2D eigenvalue weighted by Crippen LogP contribution is -2.58. The molecule has 1 aromatic heterocycles. The summed E-state index contributed by atoms with van der Waals surface area (Å²) in [7, 11) is 0. The van der Waals surface area contributed by atoms with Gasteiger partial charge in [-0.1, -0.05) is 18.2 Å². The SMILES string of the molecule is O[C@@H]1CN(Cc2cccc(F)c2F)CC[C@H]1N1CCN(c2ccccn2)CC1. The predicted molar refractivity (Wildman–Crippen MR) is 104 cm³/mol. The first-order valence-electron chi connectivity index (χ1n) is 9.85. The molecular weight excluding hydrogens is 362 g/mol. The van der Waals surface area contributed by atoms with Gasteiger partial charge in [-0.2, -0.15) is 0 Å². The molecule has 2 aliphatic rings. The predicted octanol–water partition coefficient (Wildman–Crippen LogP) is 2.12. The van der Waals surface area contributed by atoms with Gasteiger partial charge in [-0.05, 0) is 24.6 Å². The maximum atomic E-state index is 13.9. The fraction of sp³-hybridized carbons (Fsp3) is 0.476. The van der Waals surface area contributed by atoms with Gasteiger partial charge in [0.1, 0.15) is 5.82 Å². The lowest BCUT2D eigenvalue weighted by Gasteiger charge is -2.45. The van der Waals surface area contributed by atoms with Crippen molar-refractivity contribution in [2.24, 2.45) is 0 Å². The highest BCUT2D eigenvalue weighted by Gasteiger charge is 2.34. The molecule has 150 valence electrons. The zero-order valence-corrected chi connectivity index (χ0v) is 15.8. The van der Waals surface area contributed by atoms with Gasteiger partial charge < -0.3 is 10.0 Å². The van der Waals surface area contributed by atoms with Crippen LogP contribution in [0.5, 0.6) is 0 Å². The second kappa shape index (κ2) is 8.51. The monoisotopic (exact) mass is 388 g/mol. The molecule has 0 saturated carbocycles. The Kier molecular flexibility index (Phi) is 5.85. The number of pyridine rings is 1. The Hall–Kier alpha value is -2.09. The van der Waals surface area contributed by atoms with Crippen molar-refractivity contribution in [3.63, 3.8) is 0 Å². The highest BCUT2D eigenvalue weighted by Crippen LogP contribution is 2.23. The van der Waals surface area contributed by atoms with E-state index in [0.29, 0.717) is 18.7 Å². The number of hydrogen-bond donors (Lipinski definition) is 1. The average molecular weight is 388 g/mol. The summed E-state index contributed by atoms with van der Waals surface area (Å²) in [4.78, 5) is 11.0. The fourth-order valence-corrected chi connectivity index (χ4v) is 4.29. The molecular formula is C21H26F2N4O. The minimum Gasteiger partial charge on any atom is -0.390 e. The van der Waals surface area contributed by atoms with E-state index in [4.69, 9.17) is 0 Å². The summed E-state index contributed by atoms with van der Waals surface area (Å²) in [6.07, 6.45) is 2.14. The van der Waals surface area contributed by atoms with Crippen molar-refractivity contribution >= 4 is 5.82 Å². The van der Waals surface area contributed by atoms with Crippen molar-refractivity contribution in [2.75, 3.05) is 44.2 Å². The number of piperidine rings is 1. The standard InChI is InChI=1S/C21H26F2N4O/c22-17-5-3-4-16(21(17)23)14-25-9-7-18(19(28)15-25)26-10-12-27(13-11-26)20-6-1-2-8-24-20/h1-6,8,18-19,28H,7,9-15H2/t18-,19-/m1/s1. The van der Waals surface area contributed by atoms with Gasteiger partial charge in [0.2, 0.25) is 0 Å². The zero-order chi connectivity index (χ0) is 19.5. The first-order valence-corrected chi connectivity index (χ1v) is 9.85. The molecule has 2 atom stereocenters. The molecule has 4 rings (SSSR count). The number of halogens is 2. The number of aliphatic hydroxyl groups is 1. The van der Waals surface area contributed by atoms with Crippen LogP contribution in [0.25, 0.3) is 0 Å². The van der Waals surface area contributed by atoms with E-state index in [9.17, 15) is 13.9 Å². The molecule has 0 aliphatic carbocycles. The summed E-state index contributed by atoms with van der Waals surface area (Å²) in [6, 6.07) is 10.3. The van der Waals surface area contributed by atoms with Crippen molar-refractivity contribution in [2.45, 2.75) is 25.1 Å². The van der Waals surface area contributed by atoms with E-state index in [1.807, 2.05) is 29.3 Å². The number of nitrogens with zero attached hydrogens (tertiary/aromatic N) is 4. The van der Waals surface area contributed by atoms with Gasteiger partial charge in [0.15, 0.2) is 11.6 Å². The third-order valence-corrected chi connectivity index (χ3v) is 5.81. The lowest BCUT2D eigenvalue weighted by atomic mass is 9.98. The van der Waals surface area contributed by atoms with Gasteiger partial charge in [-0.15, -0.1) is 0 Å². The molecule has 0 amide bonds. The number of anilines is 1. The van der Waals surface area contributed by atoms with Crippen LogP contribution in [-0.4, -0.2) is 71.3 Å². The van der Waals surface area contributed by atoms with E-state index in [1.54, 1.807) is 6.07 Å². The summed E-state index contributed by atoms with van der Waals surface area (Å²) in [6.45, 7) is 5.10. The molecule has 0 spiro atoms. The molecule has 2 fully saturated rings. The largest absolute Gasteiger partial charge is 0.390 e. The van der Waals surface area contributed by atoms with E-state index in [2.05, 4.69) is 14.8 Å². The summed E-state index contributed by atoms with van der Waals surface area (Å²) in [5.41, 5.74) is 0.342. The topological polar surface area (TPSA) is 42.8 Å². The minimum absolute atomic E-state index is 0.111. The number of β-amino-alcohol motifs (C(OH)–C–C–N with tert-alkyl or cyclic N) is 1. The number of aromatic nitrogens is 1. The van der Waals surface area contributed by atoms with Gasteiger partial charge in [0, 0.05) is 63.6 Å². The van der Waals surface area contributed by atoms with Crippen molar-refractivity contribution < 1.29 is 13.9 Å². The molecule has 2 aliphatic heterocycles. The van der Waals surface area contributed by atoms with E-state index in [0.717, 1.165) is 51.0 Å². The molecule has 2 aromatic rings. The van der Waals surface area contributed by atoms with Crippen LogP contribution in [-0.2, 0) is 6.54 Å². The number of benzene rings is 1. The molecule has 28 heavy (non-hydrogen) atoms. The normalized spacial score (nSPS) is 24.5. The molecule has 0 radical (unpaired) electrons. The van der Waals surface area contributed by atoms with Crippen LogP contribution in [0.15, 0.2) is 42.6 Å². The molecule has 1 aromatic carbocycles. The fourth-order valence-electron chi connectivity index (χ4n) is 4.29. The molecule has 5 nitrogen and oxygen atoms in total. The van der Waals surface area contributed by atoms with Crippen LogP contribution in [0.2, 0.25) is 0 Å². The third-order valence-electron chi connectivity index (χ3n) is 5.81. The quantitative estimate of drug-likeness (QED) is 0.869. The molecule has 1 N–H and O–H groups in total. The van der Waals surface area contributed by atoms with Crippen molar-refractivity contribution in [1.29, 1.82) is 0 Å². The Balaban J connectivity index is 1.31. The van der Waals surface area contributed by atoms with Gasteiger partial charge in [-0.3, -0.25) is 9.80 Å². The lowest BCUT2D eigenvalue weighted by molar-refractivity contribution is -0.0174. The Morgan fingerprint density at radius 2 is 1.82 bits per heavy atom. The molecule has 2 saturated heterocycles. The first-order chi connectivity index (χ1) is 13.6. The van der Waals surface area contributed by atoms with E-state index in [-0.39, 0.29) is 6.04 Å². The summed E-state index contributed by atoms with van der Waals surface area (Å²) < 4.78 is 27.3. The second-order valence-corrected chi connectivity index (χ2v) is 7.58. The van der Waals surface area contributed by atoms with Gasteiger partial charge >= 0.3 is 0 Å². The first kappa shape index (κ1) is 19.2. The maximum absolute atomic E-state index is 13.9. The average Bonchev–Trinajstić information content (AvgIpc) is 2.72. The second-order valence-electron chi connectivity index (χ2n) is 7.58. The van der Waals surface area contributed by atoms with E-state index < -0.39 is 17.7 Å². The molecule has 7 heteroatoms. The van der Waals surface area contributed by atoms with Gasteiger partial charge in [-0.25, -0.2) is 13.8 Å². The van der Waals surface area contributed by atoms with Crippen LogP contribution in [0.3, 0.4) is 0 Å². The Bertz CT molecular complexity index is 783. The number of hydrogen-bond acceptors (Lipinski definition) is 5. The van der Waals surface area contributed by atoms with Crippen LogP contribution in [0.4, 0.5) is 14.6 Å². The molecule has 0 unspecified atom stereocenters. The van der Waals surface area contributed by atoms with Crippen LogP contribution >= 0.6 is 0 Å².